The monoisotopic (exact) mass is 502 g/mol. The van der Waals surface area contributed by atoms with E-state index in [0.717, 1.165) is 28.9 Å². The smallest absolute Gasteiger partial charge is 0.414 e. The van der Waals surface area contributed by atoms with Crippen molar-refractivity contribution in [2.75, 3.05) is 11.4 Å². The standard InChI is InChI=1S/C22H23IN4O2/c1-22(2,3)29-21(28)27-10-9-16-7-8-17(12-20(16)27)19-14-26(25-24-19)13-15-5-4-6-18(23)11-15/h4-8,11-12,14H,9-10,13H2,1-3H3. The second-order valence-corrected chi connectivity index (χ2v) is 9.40. The molecule has 0 aliphatic carbocycles. The zero-order chi connectivity index (χ0) is 20.6. The first-order valence-corrected chi connectivity index (χ1v) is 10.6. The van der Waals surface area contributed by atoms with Crippen molar-refractivity contribution in [2.45, 2.75) is 39.3 Å². The zero-order valence-electron chi connectivity index (χ0n) is 16.7. The number of halogens is 1. The van der Waals surface area contributed by atoms with Crippen LogP contribution in [0.15, 0.2) is 48.7 Å². The van der Waals surface area contributed by atoms with Gasteiger partial charge in [-0.05, 0) is 79.1 Å². The van der Waals surface area contributed by atoms with Crippen LogP contribution in [-0.2, 0) is 17.7 Å². The van der Waals surface area contributed by atoms with E-state index in [0.29, 0.717) is 13.1 Å². The maximum absolute atomic E-state index is 12.6. The first-order chi connectivity index (χ1) is 13.8. The van der Waals surface area contributed by atoms with Crippen LogP contribution in [0.3, 0.4) is 0 Å². The summed E-state index contributed by atoms with van der Waals surface area (Å²) in [6.45, 7) is 6.94. The number of hydrogen-bond acceptors (Lipinski definition) is 4. The number of carbonyl (C=O) groups is 1. The predicted molar refractivity (Wildman–Crippen MR) is 121 cm³/mol. The van der Waals surface area contributed by atoms with Gasteiger partial charge in [-0.15, -0.1) is 5.10 Å². The second-order valence-electron chi connectivity index (χ2n) is 8.16. The summed E-state index contributed by atoms with van der Waals surface area (Å²) in [6, 6.07) is 14.4. The van der Waals surface area contributed by atoms with Crippen LogP contribution in [0.2, 0.25) is 0 Å². The molecular formula is C22H23IN4O2. The van der Waals surface area contributed by atoms with E-state index in [9.17, 15) is 4.79 Å². The molecule has 0 unspecified atom stereocenters. The van der Waals surface area contributed by atoms with Crippen LogP contribution in [0.1, 0.15) is 31.9 Å². The number of ether oxygens (including phenoxy) is 1. The minimum absolute atomic E-state index is 0.310. The summed E-state index contributed by atoms with van der Waals surface area (Å²) in [6.07, 6.45) is 2.46. The predicted octanol–water partition coefficient (Wildman–Crippen LogP) is 4.90. The van der Waals surface area contributed by atoms with Gasteiger partial charge in [-0.1, -0.05) is 29.5 Å². The van der Waals surface area contributed by atoms with Gasteiger partial charge in [0.15, 0.2) is 0 Å². The number of hydrogen-bond donors (Lipinski definition) is 0. The maximum Gasteiger partial charge on any atom is 0.414 e. The molecule has 1 aromatic heterocycles. The molecule has 0 radical (unpaired) electrons. The van der Waals surface area contributed by atoms with Crippen molar-refractivity contribution in [3.05, 3.63) is 63.4 Å². The molecule has 3 aromatic rings. The summed E-state index contributed by atoms with van der Waals surface area (Å²) in [4.78, 5) is 14.3. The van der Waals surface area contributed by atoms with E-state index in [1.165, 1.54) is 9.13 Å². The third-order valence-corrected chi connectivity index (χ3v) is 5.33. The van der Waals surface area contributed by atoms with E-state index in [1.807, 2.05) is 49.8 Å². The van der Waals surface area contributed by atoms with Crippen LogP contribution >= 0.6 is 22.6 Å². The van der Waals surface area contributed by atoms with Crippen molar-refractivity contribution in [2.24, 2.45) is 0 Å². The molecule has 0 N–H and O–H groups in total. The molecule has 29 heavy (non-hydrogen) atoms. The van der Waals surface area contributed by atoms with Gasteiger partial charge in [-0.3, -0.25) is 4.90 Å². The molecular weight excluding hydrogens is 479 g/mol. The third-order valence-electron chi connectivity index (χ3n) is 4.66. The number of fused-ring (bicyclic) bond motifs is 1. The van der Waals surface area contributed by atoms with Crippen molar-refractivity contribution in [3.8, 4) is 11.3 Å². The van der Waals surface area contributed by atoms with Crippen molar-refractivity contribution in [1.29, 1.82) is 0 Å². The zero-order valence-corrected chi connectivity index (χ0v) is 18.9. The minimum atomic E-state index is -0.518. The SMILES string of the molecule is CC(C)(C)OC(=O)N1CCc2ccc(-c3cn(Cc4cccc(I)c4)nn3)cc21. The average Bonchev–Trinajstić information content (AvgIpc) is 3.26. The van der Waals surface area contributed by atoms with Crippen molar-refractivity contribution >= 4 is 34.4 Å². The Morgan fingerprint density at radius 1 is 1.21 bits per heavy atom. The van der Waals surface area contributed by atoms with Gasteiger partial charge in [0, 0.05) is 15.7 Å². The summed E-state index contributed by atoms with van der Waals surface area (Å²) in [5.41, 5.74) is 4.42. The Balaban J connectivity index is 1.56. The van der Waals surface area contributed by atoms with E-state index < -0.39 is 5.60 Å². The van der Waals surface area contributed by atoms with E-state index in [2.05, 4.69) is 57.2 Å². The quantitative estimate of drug-likeness (QED) is 0.479. The number of nitrogens with zero attached hydrogens (tertiary/aromatic N) is 4. The van der Waals surface area contributed by atoms with Gasteiger partial charge in [0.05, 0.1) is 18.4 Å². The summed E-state index contributed by atoms with van der Waals surface area (Å²) < 4.78 is 8.59. The number of anilines is 1. The number of benzene rings is 2. The van der Waals surface area contributed by atoms with Crippen LogP contribution in [-0.4, -0.2) is 33.2 Å². The molecule has 0 saturated heterocycles. The van der Waals surface area contributed by atoms with Gasteiger partial charge in [-0.2, -0.15) is 0 Å². The Labute approximate surface area is 184 Å². The van der Waals surface area contributed by atoms with Crippen LogP contribution in [0.5, 0.6) is 0 Å². The van der Waals surface area contributed by atoms with Crippen LogP contribution in [0.4, 0.5) is 10.5 Å². The second kappa shape index (κ2) is 7.78. The first kappa shape index (κ1) is 19.9. The summed E-state index contributed by atoms with van der Waals surface area (Å²) in [7, 11) is 0. The van der Waals surface area contributed by atoms with Crippen LogP contribution in [0, 0.1) is 3.57 Å². The Morgan fingerprint density at radius 2 is 2.03 bits per heavy atom. The molecule has 6 nitrogen and oxygen atoms in total. The lowest BCUT2D eigenvalue weighted by atomic mass is 10.1. The van der Waals surface area contributed by atoms with E-state index in [-0.39, 0.29) is 6.09 Å². The fourth-order valence-electron chi connectivity index (χ4n) is 3.38. The molecule has 0 bridgehead atoms. The van der Waals surface area contributed by atoms with Gasteiger partial charge >= 0.3 is 6.09 Å². The molecule has 1 amide bonds. The maximum atomic E-state index is 12.6. The van der Waals surface area contributed by atoms with E-state index in [1.54, 1.807) is 4.90 Å². The molecule has 2 aromatic carbocycles. The molecule has 0 spiro atoms. The third kappa shape index (κ3) is 4.60. The average molecular weight is 502 g/mol. The van der Waals surface area contributed by atoms with Crippen LogP contribution < -0.4 is 4.90 Å². The van der Waals surface area contributed by atoms with Gasteiger partial charge in [0.1, 0.15) is 11.3 Å². The van der Waals surface area contributed by atoms with E-state index >= 15 is 0 Å². The lowest BCUT2D eigenvalue weighted by Crippen LogP contribution is -2.35. The molecule has 7 heteroatoms. The highest BCUT2D eigenvalue weighted by Gasteiger charge is 2.29. The van der Waals surface area contributed by atoms with Gasteiger partial charge in [0.25, 0.3) is 0 Å². The molecule has 0 atom stereocenters. The normalized spacial score (nSPS) is 13.4. The molecule has 4 rings (SSSR count). The van der Waals surface area contributed by atoms with Gasteiger partial charge in [-0.25, -0.2) is 9.48 Å². The fraction of sp³-hybridized carbons (Fsp3) is 0.318. The van der Waals surface area contributed by atoms with Crippen LogP contribution in [0.25, 0.3) is 11.3 Å². The topological polar surface area (TPSA) is 60.2 Å². The number of rotatable bonds is 3. The molecule has 0 fully saturated rings. The Morgan fingerprint density at radius 3 is 2.79 bits per heavy atom. The lowest BCUT2D eigenvalue weighted by molar-refractivity contribution is 0.0584. The van der Waals surface area contributed by atoms with Crippen molar-refractivity contribution in [1.82, 2.24) is 15.0 Å². The fourth-order valence-corrected chi connectivity index (χ4v) is 3.98. The van der Waals surface area contributed by atoms with E-state index in [4.69, 9.17) is 4.74 Å². The number of aromatic nitrogens is 3. The highest BCUT2D eigenvalue weighted by Crippen LogP contribution is 2.33. The Kier molecular flexibility index (Phi) is 5.33. The minimum Gasteiger partial charge on any atom is -0.443 e. The molecule has 1 aliphatic heterocycles. The van der Waals surface area contributed by atoms with Gasteiger partial charge < -0.3 is 4.74 Å². The van der Waals surface area contributed by atoms with Crippen molar-refractivity contribution in [3.63, 3.8) is 0 Å². The van der Waals surface area contributed by atoms with Crippen molar-refractivity contribution < 1.29 is 9.53 Å². The highest BCUT2D eigenvalue weighted by molar-refractivity contribution is 14.1. The lowest BCUT2D eigenvalue weighted by Gasteiger charge is -2.25. The highest BCUT2D eigenvalue weighted by atomic mass is 127. The molecule has 2 heterocycles. The summed E-state index contributed by atoms with van der Waals surface area (Å²) in [5, 5.41) is 8.61. The Bertz CT molecular complexity index is 1050. The largest absolute Gasteiger partial charge is 0.443 e. The first-order valence-electron chi connectivity index (χ1n) is 9.57. The summed E-state index contributed by atoms with van der Waals surface area (Å²) in [5.74, 6) is 0. The molecule has 0 saturated carbocycles. The molecule has 150 valence electrons. The number of amides is 1. The van der Waals surface area contributed by atoms with Gasteiger partial charge in [0.2, 0.25) is 0 Å². The number of carbonyl (C=O) groups excluding carboxylic acids is 1. The Hall–Kier alpha value is -2.42. The summed E-state index contributed by atoms with van der Waals surface area (Å²) >= 11 is 2.31. The molecule has 1 aliphatic rings.